The maximum absolute atomic E-state index is 15.8. The van der Waals surface area contributed by atoms with E-state index in [1.807, 2.05) is 49.1 Å². The van der Waals surface area contributed by atoms with Crippen molar-refractivity contribution in [3.63, 3.8) is 0 Å². The molecule has 0 aliphatic carbocycles. The van der Waals surface area contributed by atoms with Crippen molar-refractivity contribution in [2.45, 2.75) is 158 Å². The number of ether oxygens (including phenoxy) is 6. The zero-order valence-corrected chi connectivity index (χ0v) is 57.4. The highest BCUT2D eigenvalue weighted by atomic mass is 32.2. The quantitative estimate of drug-likeness (QED) is 0.0179. The predicted octanol–water partition coefficient (Wildman–Crippen LogP) is 5.42. The van der Waals surface area contributed by atoms with E-state index in [0.29, 0.717) is 82.1 Å². The normalized spacial score (nSPS) is 25.0. The number of aromatic amines is 1. The summed E-state index contributed by atoms with van der Waals surface area (Å²) in [5.41, 5.74) is 8.44. The Kier molecular flexibility index (Phi) is 18.8. The standard InChI is InChI=1S/C71H83N11O17S/c1-35(2)54(78-48(84)17-9-8-12-25-80-49(85)22-23-50(80)86)65(89)77-46(16-13-24-73-67(72)91)64(88)75-40-20-18-39(19-21-40)29-96-68(92)74-28-41-27-43-42-14-10-11-15-45(42)76-63(43)71(79-41)33-100-62-53-52(61-60(97-34-98-61)37(4)59(53)99-38(5)83)47(30-95-66(71)90)82-56(62)55-51-44(26-36(3)58(94-7)57(51)87)69(6)31-70(82,93)32-81(55)69/h10-11,14-15,18-23,26,35,41,46-47,54-56,62,76,79,87,93H,8-9,12-13,16-17,24-25,27-34H2,1-7H3,(H,74,92)(H,75,88)(H,77,89)(H,78,84)(H3,72,73,91)/t41-,46+,47+,54+,55-,56-,62-,69-,70?,71-/m1/s1. The number of amides is 8. The molecule has 0 radical (unpaired) electrons. The van der Waals surface area contributed by atoms with Crippen LogP contribution in [0.3, 0.4) is 0 Å². The van der Waals surface area contributed by atoms with Crippen molar-refractivity contribution in [2.24, 2.45) is 11.7 Å². The van der Waals surface area contributed by atoms with E-state index in [4.69, 9.17) is 34.2 Å². The molecule has 5 aromatic rings. The molecule has 4 bridgehead atoms. The molecular weight excluding hydrogens is 1310 g/mol. The molecule has 11 N–H and O–H groups in total. The first-order valence-electron chi connectivity index (χ1n) is 33.8. The molecule has 28 nitrogen and oxygen atoms in total. The topological polar surface area (TPSA) is 373 Å². The zero-order valence-electron chi connectivity index (χ0n) is 56.6. The number of nitrogens with one attached hydrogen (secondary N) is 7. The molecule has 4 aromatic carbocycles. The fourth-order valence-electron chi connectivity index (χ4n) is 16.4. The van der Waals surface area contributed by atoms with Gasteiger partial charge in [0.2, 0.25) is 24.5 Å². The van der Waals surface area contributed by atoms with E-state index in [1.54, 1.807) is 38.1 Å². The number of unbranched alkanes of at least 4 members (excludes halogenated alkanes) is 2. The number of aryl methyl sites for hydroxylation is 1. The monoisotopic (exact) mass is 1390 g/mol. The number of anilines is 1. The third-order valence-electron chi connectivity index (χ3n) is 20.8. The number of imide groups is 1. The van der Waals surface area contributed by atoms with E-state index in [0.717, 1.165) is 32.5 Å². The van der Waals surface area contributed by atoms with Crippen LogP contribution in [0.15, 0.2) is 66.7 Å². The zero-order chi connectivity index (χ0) is 70.9. The van der Waals surface area contributed by atoms with Gasteiger partial charge < -0.3 is 75.9 Å². The first-order chi connectivity index (χ1) is 47.8. The van der Waals surface area contributed by atoms with Gasteiger partial charge in [0, 0.05) is 120 Å². The number of methoxy groups -OCH3 is 1. The minimum absolute atomic E-state index is 0.00571. The van der Waals surface area contributed by atoms with Crippen LogP contribution in [-0.4, -0.2) is 166 Å². The summed E-state index contributed by atoms with van der Waals surface area (Å²) in [5, 5.41) is 43.5. The number of piperazine rings is 1. The Hall–Kier alpha value is -9.42. The number of benzene rings is 4. The predicted molar refractivity (Wildman–Crippen MR) is 363 cm³/mol. The highest BCUT2D eigenvalue weighted by Crippen LogP contribution is 2.71. The van der Waals surface area contributed by atoms with Gasteiger partial charge in [0.15, 0.2) is 28.5 Å². The summed E-state index contributed by atoms with van der Waals surface area (Å²) < 4.78 is 37.2. The maximum Gasteiger partial charge on any atom is 0.407 e. The number of phenolic OH excluding ortho intramolecular Hbond substituents is 1. The largest absolute Gasteiger partial charge is 0.504 e. The number of nitrogens with two attached hydrogens (primary N) is 1. The SMILES string of the molecule is COc1c(C)cc2c(c1O)[C@@H]1[C@@H]3[C@@H]4SC[C@]5(N[C@@H](CNC(=O)OCc6ccc(NC(=O)[C@H](CCCNC(N)=O)NC(=O)[C@@H](NC(=O)CCCCCN7C(=O)C=CC7=O)C(C)C)cc6)Cc6c5[nH]c5ccccc65)C(=O)OC[C@@H](c5c6c(c(C)c(OC(C)=O)c54)OCO6)N3C3(O)CN1[C@]2(C)C3. The number of hydrogen-bond donors (Lipinski definition) is 10. The molecule has 530 valence electrons. The van der Waals surface area contributed by atoms with Crippen LogP contribution in [0, 0.1) is 19.8 Å². The van der Waals surface area contributed by atoms with Crippen molar-refractivity contribution in [1.82, 2.24) is 46.3 Å². The van der Waals surface area contributed by atoms with Crippen LogP contribution in [0.5, 0.6) is 28.7 Å². The van der Waals surface area contributed by atoms with Gasteiger partial charge in [-0.25, -0.2) is 14.4 Å². The molecule has 10 atom stereocenters. The molecule has 1 unspecified atom stereocenters. The lowest BCUT2D eigenvalue weighted by atomic mass is 9.75. The smallest absolute Gasteiger partial charge is 0.407 e. The minimum Gasteiger partial charge on any atom is -0.504 e. The molecule has 8 amide bonds. The van der Waals surface area contributed by atoms with E-state index in [-0.39, 0.29) is 113 Å². The highest BCUT2D eigenvalue weighted by molar-refractivity contribution is 7.99. The van der Waals surface area contributed by atoms with Gasteiger partial charge in [-0.05, 0) is 105 Å². The molecule has 29 heteroatoms. The van der Waals surface area contributed by atoms with Gasteiger partial charge >= 0.3 is 24.1 Å². The molecule has 100 heavy (non-hydrogen) atoms. The molecule has 3 saturated heterocycles. The van der Waals surface area contributed by atoms with Crippen LogP contribution >= 0.6 is 11.8 Å². The fourth-order valence-corrected chi connectivity index (χ4v) is 18.0. The number of para-hydroxylation sites is 1. The summed E-state index contributed by atoms with van der Waals surface area (Å²) in [5.74, 6) is -2.52. The van der Waals surface area contributed by atoms with E-state index in [9.17, 15) is 48.6 Å². The summed E-state index contributed by atoms with van der Waals surface area (Å²) in [6.07, 6.45) is 4.21. The lowest BCUT2D eigenvalue weighted by Crippen LogP contribution is -2.68. The number of carbonyl (C=O) groups is 9. The van der Waals surface area contributed by atoms with Crippen LogP contribution in [0.2, 0.25) is 0 Å². The van der Waals surface area contributed by atoms with Crippen molar-refractivity contribution in [1.29, 1.82) is 0 Å². The number of aliphatic hydroxyl groups is 1. The molecule has 0 saturated carbocycles. The average molecular weight is 1390 g/mol. The lowest BCUT2D eigenvalue weighted by Gasteiger charge is -2.59. The summed E-state index contributed by atoms with van der Waals surface area (Å²) >= 11 is 1.42. The highest BCUT2D eigenvalue weighted by Gasteiger charge is 2.72. The third-order valence-corrected chi connectivity index (χ3v) is 22.2. The summed E-state index contributed by atoms with van der Waals surface area (Å²) in [6, 6.07) is 10.6. The lowest BCUT2D eigenvalue weighted by molar-refractivity contribution is -0.196. The number of urea groups is 1. The van der Waals surface area contributed by atoms with Gasteiger partial charge in [-0.2, -0.15) is 0 Å². The van der Waals surface area contributed by atoms with Crippen LogP contribution < -0.4 is 56.6 Å². The van der Waals surface area contributed by atoms with Crippen molar-refractivity contribution in [3.05, 3.63) is 117 Å². The number of phenols is 1. The second kappa shape index (κ2) is 27.3. The van der Waals surface area contributed by atoms with Crippen LogP contribution in [0.25, 0.3) is 10.9 Å². The van der Waals surface area contributed by atoms with Crippen molar-refractivity contribution < 1.29 is 81.8 Å². The van der Waals surface area contributed by atoms with Crippen LogP contribution in [-0.2, 0) is 67.1 Å². The first kappa shape index (κ1) is 69.1. The fraction of sp³-hybridized carbons (Fsp3) is 0.479. The number of hydrogen-bond acceptors (Lipinski definition) is 21. The van der Waals surface area contributed by atoms with Crippen molar-refractivity contribution in [3.8, 4) is 28.7 Å². The van der Waals surface area contributed by atoms with Gasteiger partial charge in [0.1, 0.15) is 36.8 Å². The first-order valence-corrected chi connectivity index (χ1v) is 34.9. The Morgan fingerprint density at radius 3 is 2.37 bits per heavy atom. The number of carbonyl (C=O) groups excluding carboxylic acids is 9. The molecule has 1 spiro atoms. The number of thioether (sulfide) groups is 1. The Morgan fingerprint density at radius 1 is 0.890 bits per heavy atom. The van der Waals surface area contributed by atoms with E-state index in [1.165, 1.54) is 37.9 Å². The molecular formula is C71H83N11O17S. The molecule has 9 aliphatic rings. The molecule has 10 heterocycles. The second-order valence-corrected chi connectivity index (χ2v) is 28.7. The molecule has 1 aromatic heterocycles. The Labute approximate surface area is 580 Å². The number of fused-ring (bicyclic) bond motifs is 11. The number of aromatic nitrogens is 1. The summed E-state index contributed by atoms with van der Waals surface area (Å²) in [6.45, 7) is 10.5. The van der Waals surface area contributed by atoms with E-state index >= 15 is 4.79 Å². The van der Waals surface area contributed by atoms with Crippen molar-refractivity contribution >= 4 is 82.0 Å². The molecule has 9 aliphatic heterocycles. The van der Waals surface area contributed by atoms with Gasteiger partial charge in [-0.15, -0.1) is 11.8 Å². The van der Waals surface area contributed by atoms with Gasteiger partial charge in [-0.3, -0.25) is 48.8 Å². The molecule has 3 fully saturated rings. The summed E-state index contributed by atoms with van der Waals surface area (Å²) in [7, 11) is 1.52. The number of primary amides is 1. The number of alkyl carbamates (subject to hydrolysis) is 1. The van der Waals surface area contributed by atoms with Gasteiger partial charge in [0.05, 0.1) is 30.1 Å². The second-order valence-electron chi connectivity index (χ2n) is 27.6. The number of H-pyrrole nitrogens is 1. The summed E-state index contributed by atoms with van der Waals surface area (Å²) in [4.78, 5) is 128. The Morgan fingerprint density at radius 2 is 1.64 bits per heavy atom. The van der Waals surface area contributed by atoms with E-state index < -0.39 is 94.2 Å². The number of rotatable bonds is 22. The minimum atomic E-state index is -1.62. The number of aromatic hydroxyl groups is 1. The van der Waals surface area contributed by atoms with Crippen LogP contribution in [0.1, 0.15) is 140 Å². The third kappa shape index (κ3) is 12.3. The van der Waals surface area contributed by atoms with Gasteiger partial charge in [-0.1, -0.05) is 50.6 Å². The van der Waals surface area contributed by atoms with Crippen molar-refractivity contribution in [2.75, 3.05) is 57.8 Å². The molecule has 14 rings (SSSR count). The average Bonchev–Trinajstić information content (AvgIpc) is 1.45. The number of esters is 2. The Balaban J connectivity index is 0.712. The van der Waals surface area contributed by atoms with Crippen LogP contribution in [0.4, 0.5) is 15.3 Å². The number of nitrogens with zero attached hydrogens (tertiary/aromatic N) is 3. The maximum atomic E-state index is 15.8. The van der Waals surface area contributed by atoms with Gasteiger partial charge in [0.25, 0.3) is 11.8 Å². The Bertz CT molecular complexity index is 4200. The van der Waals surface area contributed by atoms with E-state index in [2.05, 4.69) is 48.7 Å².